The summed E-state index contributed by atoms with van der Waals surface area (Å²) in [6, 6.07) is 0. The number of hydrogen-bond donors (Lipinski definition) is 0. The molecule has 0 radical (unpaired) electrons. The van der Waals surface area contributed by atoms with Crippen molar-refractivity contribution in [2.24, 2.45) is 0 Å². The standard InChI is InChI=1S/C7H9FO4/c1-11-6(10)7(8)4-12-3-2-5(7)9/h2-4H2,1H3. The molecule has 0 aliphatic carbocycles. The number of ketones is 1. The average Bonchev–Trinajstić information content (AvgIpc) is 2.09. The molecule has 1 aliphatic rings. The number of carbonyl (C=O) groups is 2. The summed E-state index contributed by atoms with van der Waals surface area (Å²) in [6.45, 7) is -0.361. The van der Waals surface area contributed by atoms with Gasteiger partial charge in [-0.15, -0.1) is 0 Å². The van der Waals surface area contributed by atoms with Gasteiger partial charge in [-0.2, -0.15) is 0 Å². The minimum absolute atomic E-state index is 0.0778. The van der Waals surface area contributed by atoms with E-state index >= 15 is 0 Å². The van der Waals surface area contributed by atoms with Crippen molar-refractivity contribution < 1.29 is 23.5 Å². The number of Topliss-reactive ketones (excluding diaryl/α,β-unsaturated/α-hetero) is 1. The van der Waals surface area contributed by atoms with Crippen LogP contribution in [0, 0.1) is 0 Å². The van der Waals surface area contributed by atoms with Crippen molar-refractivity contribution in [3.8, 4) is 0 Å². The second-order valence-corrected chi connectivity index (χ2v) is 2.52. The molecule has 0 aromatic heterocycles. The number of rotatable bonds is 1. The fourth-order valence-electron chi connectivity index (χ4n) is 0.991. The Labute approximate surface area is 68.6 Å². The van der Waals surface area contributed by atoms with E-state index in [2.05, 4.69) is 9.47 Å². The third kappa shape index (κ3) is 1.32. The minimum atomic E-state index is -2.58. The van der Waals surface area contributed by atoms with E-state index in [0.29, 0.717) is 0 Å². The van der Waals surface area contributed by atoms with E-state index in [1.807, 2.05) is 0 Å². The van der Waals surface area contributed by atoms with Crippen LogP contribution < -0.4 is 0 Å². The molecule has 5 heteroatoms. The molecule has 0 aromatic carbocycles. The van der Waals surface area contributed by atoms with Crippen LogP contribution in [0.4, 0.5) is 4.39 Å². The van der Waals surface area contributed by atoms with E-state index in [1.165, 1.54) is 0 Å². The van der Waals surface area contributed by atoms with Gasteiger partial charge in [0.05, 0.1) is 20.3 Å². The first kappa shape index (κ1) is 9.12. The van der Waals surface area contributed by atoms with Crippen molar-refractivity contribution in [1.82, 2.24) is 0 Å². The van der Waals surface area contributed by atoms with Gasteiger partial charge in [0.25, 0.3) is 5.67 Å². The van der Waals surface area contributed by atoms with Gasteiger partial charge in [-0.25, -0.2) is 9.18 Å². The monoisotopic (exact) mass is 176 g/mol. The number of halogens is 1. The third-order valence-electron chi connectivity index (χ3n) is 1.73. The maximum atomic E-state index is 13.4. The summed E-state index contributed by atoms with van der Waals surface area (Å²) in [7, 11) is 1.03. The van der Waals surface area contributed by atoms with Gasteiger partial charge in [-0.05, 0) is 0 Å². The van der Waals surface area contributed by atoms with E-state index in [-0.39, 0.29) is 13.0 Å². The molecular weight excluding hydrogens is 167 g/mol. The molecule has 1 aliphatic heterocycles. The molecule has 68 valence electrons. The maximum absolute atomic E-state index is 13.4. The van der Waals surface area contributed by atoms with Crippen LogP contribution in [0.25, 0.3) is 0 Å². The molecule has 0 saturated carbocycles. The van der Waals surface area contributed by atoms with Crippen molar-refractivity contribution >= 4 is 11.8 Å². The largest absolute Gasteiger partial charge is 0.466 e. The van der Waals surface area contributed by atoms with Crippen molar-refractivity contribution in [1.29, 1.82) is 0 Å². The van der Waals surface area contributed by atoms with E-state index in [1.54, 1.807) is 0 Å². The fourth-order valence-corrected chi connectivity index (χ4v) is 0.991. The van der Waals surface area contributed by atoms with Crippen molar-refractivity contribution in [2.45, 2.75) is 12.1 Å². The molecular formula is C7H9FO4. The number of methoxy groups -OCH3 is 1. The Kier molecular flexibility index (Phi) is 2.42. The minimum Gasteiger partial charge on any atom is -0.466 e. The number of esters is 1. The first-order chi connectivity index (χ1) is 5.61. The molecule has 1 fully saturated rings. The smallest absolute Gasteiger partial charge is 0.354 e. The lowest BCUT2D eigenvalue weighted by atomic mass is 9.97. The average molecular weight is 176 g/mol. The van der Waals surface area contributed by atoms with E-state index in [9.17, 15) is 14.0 Å². The molecule has 1 saturated heterocycles. The highest BCUT2D eigenvalue weighted by Gasteiger charge is 2.49. The van der Waals surface area contributed by atoms with Gasteiger partial charge in [0.1, 0.15) is 0 Å². The number of ether oxygens (including phenoxy) is 2. The molecule has 0 N–H and O–H groups in total. The van der Waals surface area contributed by atoms with Gasteiger partial charge < -0.3 is 9.47 Å². The predicted octanol–water partition coefficient (Wildman–Crippen LogP) is -0.143. The quantitative estimate of drug-likeness (QED) is 0.412. The Morgan fingerprint density at radius 3 is 2.92 bits per heavy atom. The van der Waals surface area contributed by atoms with Crippen LogP contribution in [0.5, 0.6) is 0 Å². The van der Waals surface area contributed by atoms with Gasteiger partial charge in [0.15, 0.2) is 5.78 Å². The molecule has 1 unspecified atom stereocenters. The summed E-state index contributed by atoms with van der Waals surface area (Å²) in [5, 5.41) is 0. The van der Waals surface area contributed by atoms with Crippen LogP contribution in [0.3, 0.4) is 0 Å². The second-order valence-electron chi connectivity index (χ2n) is 2.52. The van der Waals surface area contributed by atoms with Gasteiger partial charge in [0, 0.05) is 6.42 Å². The van der Waals surface area contributed by atoms with Crippen molar-refractivity contribution in [3.05, 3.63) is 0 Å². The van der Waals surface area contributed by atoms with Crippen LogP contribution in [0.2, 0.25) is 0 Å². The topological polar surface area (TPSA) is 52.6 Å². The van der Waals surface area contributed by atoms with E-state index < -0.39 is 24.0 Å². The Morgan fingerprint density at radius 1 is 1.75 bits per heavy atom. The summed E-state index contributed by atoms with van der Waals surface area (Å²) in [6.07, 6.45) is -0.0778. The lowest BCUT2D eigenvalue weighted by Crippen LogP contribution is -2.50. The van der Waals surface area contributed by atoms with Gasteiger partial charge in [-0.1, -0.05) is 0 Å². The van der Waals surface area contributed by atoms with E-state index in [0.717, 1.165) is 7.11 Å². The Hall–Kier alpha value is -0.970. The maximum Gasteiger partial charge on any atom is 0.354 e. The third-order valence-corrected chi connectivity index (χ3v) is 1.73. The summed E-state index contributed by atoms with van der Waals surface area (Å²) < 4.78 is 22.2. The number of carbonyl (C=O) groups excluding carboxylic acids is 2. The zero-order chi connectivity index (χ0) is 9.19. The first-order valence-electron chi connectivity index (χ1n) is 3.49. The first-order valence-corrected chi connectivity index (χ1v) is 3.49. The van der Waals surface area contributed by atoms with Crippen LogP contribution in [0.1, 0.15) is 6.42 Å². The molecule has 4 nitrogen and oxygen atoms in total. The molecule has 1 atom stereocenters. The lowest BCUT2D eigenvalue weighted by molar-refractivity contribution is -0.169. The Bertz CT molecular complexity index is 205. The number of alkyl halides is 1. The lowest BCUT2D eigenvalue weighted by Gasteiger charge is -2.24. The molecule has 0 spiro atoms. The van der Waals surface area contributed by atoms with Crippen molar-refractivity contribution in [2.75, 3.05) is 20.3 Å². The molecule has 0 aromatic rings. The highest BCUT2D eigenvalue weighted by Crippen LogP contribution is 2.21. The summed E-state index contributed by atoms with van der Waals surface area (Å²) >= 11 is 0. The summed E-state index contributed by atoms with van der Waals surface area (Å²) in [5.41, 5.74) is -2.58. The highest BCUT2D eigenvalue weighted by molar-refractivity contribution is 6.07. The van der Waals surface area contributed by atoms with E-state index in [4.69, 9.17) is 0 Å². The SMILES string of the molecule is COC(=O)C1(F)COCCC1=O. The molecule has 1 heterocycles. The number of hydrogen-bond acceptors (Lipinski definition) is 4. The predicted molar refractivity (Wildman–Crippen MR) is 36.3 cm³/mol. The summed E-state index contributed by atoms with van der Waals surface area (Å²) in [4.78, 5) is 21.8. The molecule has 12 heavy (non-hydrogen) atoms. The normalized spacial score (nSPS) is 30.0. The van der Waals surface area contributed by atoms with Crippen LogP contribution >= 0.6 is 0 Å². The van der Waals surface area contributed by atoms with Gasteiger partial charge in [-0.3, -0.25) is 4.79 Å². The van der Waals surface area contributed by atoms with Crippen LogP contribution in [-0.4, -0.2) is 37.7 Å². The molecule has 1 rings (SSSR count). The zero-order valence-electron chi connectivity index (χ0n) is 6.63. The van der Waals surface area contributed by atoms with Crippen LogP contribution in [0.15, 0.2) is 0 Å². The Balaban J connectivity index is 2.79. The van der Waals surface area contributed by atoms with Crippen LogP contribution in [-0.2, 0) is 19.1 Å². The molecule has 0 bridgehead atoms. The second kappa shape index (κ2) is 3.18. The highest BCUT2D eigenvalue weighted by atomic mass is 19.1. The van der Waals surface area contributed by atoms with Crippen molar-refractivity contribution in [3.63, 3.8) is 0 Å². The fraction of sp³-hybridized carbons (Fsp3) is 0.714. The molecule has 0 amide bonds. The summed E-state index contributed by atoms with van der Waals surface area (Å²) in [5.74, 6) is -1.94. The van der Waals surface area contributed by atoms with Gasteiger partial charge >= 0.3 is 5.97 Å². The Morgan fingerprint density at radius 2 is 2.42 bits per heavy atom. The zero-order valence-corrected chi connectivity index (χ0v) is 6.63. The van der Waals surface area contributed by atoms with Gasteiger partial charge in [0.2, 0.25) is 0 Å².